The van der Waals surface area contributed by atoms with Crippen LogP contribution in [0.5, 0.6) is 5.75 Å². The second kappa shape index (κ2) is 8.87. The Kier molecular flexibility index (Phi) is 6.29. The third-order valence-electron chi connectivity index (χ3n) is 4.68. The number of hydrogen-bond acceptors (Lipinski definition) is 5. The lowest BCUT2D eigenvalue weighted by Gasteiger charge is -2.25. The first-order valence-electron chi connectivity index (χ1n) is 9.24. The third kappa shape index (κ3) is 4.14. The summed E-state index contributed by atoms with van der Waals surface area (Å²) in [5.41, 5.74) is 0.823. The van der Waals surface area contributed by atoms with Crippen molar-refractivity contribution in [3.8, 4) is 5.75 Å². The van der Waals surface area contributed by atoms with E-state index < -0.39 is 23.5 Å². The molecule has 2 aromatic carbocycles. The standard InChI is InChI=1S/C22H22FNO5/c1-3-29-17-6-4-5-15(13-17)20(25)18-19(14-7-9-16(23)10-8-14)24(11-12-28-2)22(27)21(18)26/h4-10,13,19,25H,3,11-12H2,1-2H3. The Labute approximate surface area is 168 Å². The normalized spacial score (nSPS) is 18.3. The van der Waals surface area contributed by atoms with Gasteiger partial charge < -0.3 is 19.5 Å². The van der Waals surface area contributed by atoms with E-state index in [0.29, 0.717) is 23.5 Å². The molecule has 0 aromatic heterocycles. The third-order valence-corrected chi connectivity index (χ3v) is 4.68. The summed E-state index contributed by atoms with van der Waals surface area (Å²) in [4.78, 5) is 26.8. The lowest BCUT2D eigenvalue weighted by Crippen LogP contribution is -2.32. The maximum absolute atomic E-state index is 13.4. The Bertz CT molecular complexity index is 938. The summed E-state index contributed by atoms with van der Waals surface area (Å²) >= 11 is 0. The summed E-state index contributed by atoms with van der Waals surface area (Å²) in [5, 5.41) is 10.9. The first-order chi connectivity index (χ1) is 14.0. The number of carbonyl (C=O) groups is 2. The molecule has 1 saturated heterocycles. The van der Waals surface area contributed by atoms with E-state index in [-0.39, 0.29) is 24.5 Å². The molecular formula is C22H22FNO5. The van der Waals surface area contributed by atoms with Crippen molar-refractivity contribution in [3.63, 3.8) is 0 Å². The fourth-order valence-electron chi connectivity index (χ4n) is 3.35. The minimum atomic E-state index is -0.846. The predicted octanol–water partition coefficient (Wildman–Crippen LogP) is 3.29. The van der Waals surface area contributed by atoms with E-state index in [4.69, 9.17) is 9.47 Å². The van der Waals surface area contributed by atoms with Crippen LogP contribution in [0.1, 0.15) is 24.1 Å². The van der Waals surface area contributed by atoms with E-state index in [1.54, 1.807) is 24.3 Å². The van der Waals surface area contributed by atoms with Crippen LogP contribution in [0.25, 0.3) is 5.76 Å². The topological polar surface area (TPSA) is 76.1 Å². The van der Waals surface area contributed by atoms with Crippen LogP contribution in [-0.2, 0) is 14.3 Å². The Morgan fingerprint density at radius 1 is 1.17 bits per heavy atom. The van der Waals surface area contributed by atoms with E-state index in [2.05, 4.69) is 0 Å². The highest BCUT2D eigenvalue weighted by Gasteiger charge is 2.45. The average molecular weight is 399 g/mol. The van der Waals surface area contributed by atoms with Gasteiger partial charge in [0.15, 0.2) is 0 Å². The van der Waals surface area contributed by atoms with Crippen molar-refractivity contribution in [2.45, 2.75) is 13.0 Å². The quantitative estimate of drug-likeness (QED) is 0.439. The Morgan fingerprint density at radius 3 is 2.55 bits per heavy atom. The van der Waals surface area contributed by atoms with E-state index >= 15 is 0 Å². The number of rotatable bonds is 7. The fourth-order valence-corrected chi connectivity index (χ4v) is 3.35. The maximum atomic E-state index is 13.4. The molecule has 6 nitrogen and oxygen atoms in total. The second-order valence-electron chi connectivity index (χ2n) is 6.50. The van der Waals surface area contributed by atoms with Crippen molar-refractivity contribution in [1.82, 2.24) is 4.90 Å². The summed E-state index contributed by atoms with van der Waals surface area (Å²) in [6.45, 7) is 2.65. The van der Waals surface area contributed by atoms with Crippen molar-refractivity contribution >= 4 is 17.4 Å². The molecule has 0 radical (unpaired) electrons. The van der Waals surface area contributed by atoms with Crippen LogP contribution in [0, 0.1) is 5.82 Å². The van der Waals surface area contributed by atoms with Gasteiger partial charge in [0.25, 0.3) is 11.7 Å². The van der Waals surface area contributed by atoms with Gasteiger partial charge in [0.2, 0.25) is 0 Å². The van der Waals surface area contributed by atoms with Gasteiger partial charge in [0.05, 0.1) is 24.8 Å². The fraction of sp³-hybridized carbons (Fsp3) is 0.273. The minimum Gasteiger partial charge on any atom is -0.507 e. The van der Waals surface area contributed by atoms with Gasteiger partial charge >= 0.3 is 0 Å². The van der Waals surface area contributed by atoms with Crippen LogP contribution in [0.3, 0.4) is 0 Å². The number of carbonyl (C=O) groups excluding carboxylic acids is 2. The minimum absolute atomic E-state index is 0.0497. The lowest BCUT2D eigenvalue weighted by molar-refractivity contribution is -0.140. The van der Waals surface area contributed by atoms with Crippen LogP contribution < -0.4 is 4.74 Å². The number of benzene rings is 2. The number of ketones is 1. The van der Waals surface area contributed by atoms with Gasteiger partial charge in [-0.05, 0) is 36.8 Å². The predicted molar refractivity (Wildman–Crippen MR) is 105 cm³/mol. The molecule has 1 aliphatic heterocycles. The number of ether oxygens (including phenoxy) is 2. The zero-order chi connectivity index (χ0) is 21.0. The molecule has 1 atom stereocenters. The first-order valence-corrected chi connectivity index (χ1v) is 9.24. The number of aliphatic hydroxyl groups is 1. The number of aliphatic hydroxyl groups excluding tert-OH is 1. The van der Waals surface area contributed by atoms with Gasteiger partial charge in [-0.1, -0.05) is 24.3 Å². The molecule has 1 unspecified atom stereocenters. The summed E-state index contributed by atoms with van der Waals surface area (Å²) < 4.78 is 23.9. The summed E-state index contributed by atoms with van der Waals surface area (Å²) in [6, 6.07) is 11.3. The van der Waals surface area contributed by atoms with Gasteiger partial charge in [-0.25, -0.2) is 4.39 Å². The largest absolute Gasteiger partial charge is 0.507 e. The van der Waals surface area contributed by atoms with Crippen molar-refractivity contribution in [2.24, 2.45) is 0 Å². The zero-order valence-electron chi connectivity index (χ0n) is 16.2. The lowest BCUT2D eigenvalue weighted by atomic mass is 9.95. The van der Waals surface area contributed by atoms with Gasteiger partial charge in [0.1, 0.15) is 17.3 Å². The first kappa shape index (κ1) is 20.5. The molecule has 1 amide bonds. The van der Waals surface area contributed by atoms with E-state index in [1.165, 1.54) is 36.3 Å². The SMILES string of the molecule is CCOc1cccc(C(O)=C2C(=O)C(=O)N(CCOC)C2c2ccc(F)cc2)c1. The van der Waals surface area contributed by atoms with Crippen LogP contribution in [0.4, 0.5) is 4.39 Å². The molecule has 0 spiro atoms. The zero-order valence-corrected chi connectivity index (χ0v) is 16.2. The highest BCUT2D eigenvalue weighted by atomic mass is 19.1. The molecule has 1 aliphatic rings. The second-order valence-corrected chi connectivity index (χ2v) is 6.50. The molecule has 1 fully saturated rings. The molecule has 29 heavy (non-hydrogen) atoms. The highest BCUT2D eigenvalue weighted by Crippen LogP contribution is 2.39. The molecule has 1 N–H and O–H groups in total. The van der Waals surface area contributed by atoms with Gasteiger partial charge in [-0.3, -0.25) is 9.59 Å². The van der Waals surface area contributed by atoms with E-state index in [9.17, 15) is 19.1 Å². The number of methoxy groups -OCH3 is 1. The molecule has 0 bridgehead atoms. The van der Waals surface area contributed by atoms with Gasteiger partial charge in [-0.15, -0.1) is 0 Å². The van der Waals surface area contributed by atoms with Crippen molar-refractivity contribution in [3.05, 3.63) is 71.0 Å². The maximum Gasteiger partial charge on any atom is 0.295 e. The van der Waals surface area contributed by atoms with Gasteiger partial charge in [-0.2, -0.15) is 0 Å². The van der Waals surface area contributed by atoms with Crippen molar-refractivity contribution in [1.29, 1.82) is 0 Å². The number of hydrogen-bond donors (Lipinski definition) is 1. The smallest absolute Gasteiger partial charge is 0.295 e. The number of amides is 1. The molecule has 3 rings (SSSR count). The van der Waals surface area contributed by atoms with E-state index in [0.717, 1.165) is 0 Å². The monoisotopic (exact) mass is 399 g/mol. The number of likely N-dealkylation sites (tertiary alicyclic amines) is 1. The Morgan fingerprint density at radius 2 is 1.90 bits per heavy atom. The average Bonchev–Trinajstić information content (AvgIpc) is 2.97. The van der Waals surface area contributed by atoms with Crippen LogP contribution in [0.15, 0.2) is 54.1 Å². The van der Waals surface area contributed by atoms with E-state index in [1.807, 2.05) is 6.92 Å². The summed E-state index contributed by atoms with van der Waals surface area (Å²) in [6.07, 6.45) is 0. The summed E-state index contributed by atoms with van der Waals surface area (Å²) in [7, 11) is 1.49. The molecule has 0 saturated carbocycles. The van der Waals surface area contributed by atoms with Gasteiger partial charge in [0, 0.05) is 19.2 Å². The van der Waals surface area contributed by atoms with Crippen LogP contribution in [-0.4, -0.2) is 48.6 Å². The van der Waals surface area contributed by atoms with Crippen molar-refractivity contribution < 1.29 is 28.6 Å². The molecule has 2 aromatic rings. The highest BCUT2D eigenvalue weighted by molar-refractivity contribution is 6.46. The number of Topliss-reactive ketones (excluding diaryl/α,β-unsaturated/α-hetero) is 1. The van der Waals surface area contributed by atoms with Crippen LogP contribution in [0.2, 0.25) is 0 Å². The molecule has 0 aliphatic carbocycles. The number of nitrogens with zero attached hydrogens (tertiary/aromatic N) is 1. The molecular weight excluding hydrogens is 377 g/mol. The number of halogens is 1. The van der Waals surface area contributed by atoms with Crippen LogP contribution >= 0.6 is 0 Å². The van der Waals surface area contributed by atoms with Crippen molar-refractivity contribution in [2.75, 3.05) is 26.9 Å². The molecule has 152 valence electrons. The summed E-state index contributed by atoms with van der Waals surface area (Å²) in [5.74, 6) is -1.75. The Hall–Kier alpha value is -3.19. The Balaban J connectivity index is 2.13. The molecule has 1 heterocycles. The molecule has 7 heteroatoms.